The maximum atomic E-state index is 10.8. The molecule has 26 heavy (non-hydrogen) atoms. The van der Waals surface area contributed by atoms with Crippen molar-refractivity contribution in [1.29, 1.82) is 0 Å². The molecule has 0 bridgehead atoms. The number of thiazole rings is 1. The van der Waals surface area contributed by atoms with Crippen molar-refractivity contribution in [2.45, 2.75) is 13.0 Å². The van der Waals surface area contributed by atoms with Gasteiger partial charge in [-0.05, 0) is 19.1 Å². The van der Waals surface area contributed by atoms with Gasteiger partial charge in [0.25, 0.3) is 0 Å². The van der Waals surface area contributed by atoms with Crippen LogP contribution in [0.15, 0.2) is 30.6 Å². The minimum absolute atomic E-state index is 0.0528. The summed E-state index contributed by atoms with van der Waals surface area (Å²) >= 11 is 1.52. The maximum Gasteiger partial charge on any atom is 0.235 e. The molecule has 0 amide bonds. The Balaban J connectivity index is 1.76. The Morgan fingerprint density at radius 3 is 2.81 bits per heavy atom. The van der Waals surface area contributed by atoms with Gasteiger partial charge in [-0.25, -0.2) is 4.98 Å². The zero-order chi connectivity index (χ0) is 18.1. The first-order chi connectivity index (χ1) is 12.7. The largest absolute Gasteiger partial charge is 0.497 e. The van der Waals surface area contributed by atoms with Crippen LogP contribution in [0.1, 0.15) is 23.4 Å². The first-order valence-corrected chi connectivity index (χ1v) is 9.86. The lowest BCUT2D eigenvalue weighted by atomic mass is 10.0. The van der Waals surface area contributed by atoms with Gasteiger partial charge in [0, 0.05) is 5.56 Å². The predicted molar refractivity (Wildman–Crippen MR) is 99.3 cm³/mol. The summed E-state index contributed by atoms with van der Waals surface area (Å²) in [6.07, 6.45) is 1.48. The Kier molecular flexibility index (Phi) is 4.80. The molecule has 1 saturated heterocycles. The van der Waals surface area contributed by atoms with Crippen LogP contribution in [0.4, 0.5) is 0 Å². The molecule has 0 spiro atoms. The number of aromatic hydroxyl groups is 1. The number of quaternary nitrogens is 2. The molecule has 0 aliphatic carbocycles. The smallest absolute Gasteiger partial charge is 0.235 e. The molecule has 1 aliphatic heterocycles. The Labute approximate surface area is 156 Å². The summed E-state index contributed by atoms with van der Waals surface area (Å²) in [6, 6.07) is 8.22. The molecule has 2 aromatic heterocycles. The van der Waals surface area contributed by atoms with Crippen molar-refractivity contribution in [3.63, 3.8) is 0 Å². The van der Waals surface area contributed by atoms with E-state index in [1.54, 1.807) is 12.0 Å². The van der Waals surface area contributed by atoms with Gasteiger partial charge in [0.15, 0.2) is 6.04 Å². The van der Waals surface area contributed by atoms with E-state index in [9.17, 15) is 5.11 Å². The molecule has 1 aromatic carbocycles. The van der Waals surface area contributed by atoms with Crippen molar-refractivity contribution < 1.29 is 19.6 Å². The van der Waals surface area contributed by atoms with Crippen LogP contribution in [0.3, 0.4) is 0 Å². The fourth-order valence-electron chi connectivity index (χ4n) is 3.84. The SMILES string of the molecule is CC[NH+]1CC[NH+]([C@@H](c2cccc(OC)c2)c2sc3ncnn3c2O)CC1. The average molecular weight is 375 g/mol. The lowest BCUT2D eigenvalue weighted by Crippen LogP contribution is -3.28. The molecule has 0 saturated carbocycles. The number of nitrogens with zero attached hydrogens (tertiary/aromatic N) is 3. The topological polar surface area (TPSA) is 68.5 Å². The van der Waals surface area contributed by atoms with E-state index in [4.69, 9.17) is 4.74 Å². The van der Waals surface area contributed by atoms with Crippen LogP contribution >= 0.6 is 11.3 Å². The zero-order valence-corrected chi connectivity index (χ0v) is 15.9. The molecule has 4 rings (SSSR count). The van der Waals surface area contributed by atoms with Gasteiger partial charge in [-0.15, -0.1) is 0 Å². The molecule has 0 unspecified atom stereocenters. The van der Waals surface area contributed by atoms with Crippen LogP contribution in [0, 0.1) is 0 Å². The molecular formula is C18H25N5O2S+2. The van der Waals surface area contributed by atoms with Crippen molar-refractivity contribution in [2.75, 3.05) is 39.8 Å². The van der Waals surface area contributed by atoms with Crippen molar-refractivity contribution in [3.8, 4) is 11.6 Å². The molecule has 3 aromatic rings. The van der Waals surface area contributed by atoms with Gasteiger partial charge >= 0.3 is 0 Å². The van der Waals surface area contributed by atoms with Gasteiger partial charge in [-0.1, -0.05) is 23.5 Å². The second kappa shape index (κ2) is 7.22. The van der Waals surface area contributed by atoms with Gasteiger partial charge in [0.05, 0.1) is 13.7 Å². The van der Waals surface area contributed by atoms with Crippen LogP contribution in [0.25, 0.3) is 4.96 Å². The van der Waals surface area contributed by atoms with Crippen molar-refractivity contribution >= 4 is 16.3 Å². The molecule has 3 heterocycles. The van der Waals surface area contributed by atoms with Crippen LogP contribution < -0.4 is 14.5 Å². The van der Waals surface area contributed by atoms with Crippen LogP contribution in [-0.2, 0) is 0 Å². The maximum absolute atomic E-state index is 10.8. The van der Waals surface area contributed by atoms with E-state index in [-0.39, 0.29) is 11.9 Å². The Morgan fingerprint density at radius 1 is 1.31 bits per heavy atom. The standard InChI is InChI=1S/C18H23N5O2S/c1-3-21-7-9-22(10-8-21)15(13-5-4-6-14(11-13)25-2)16-17(24)23-18(26-16)19-12-20-23/h4-6,11-12,15,24H,3,7-10H2,1-2H3/p+2/t15-/m0/s1. The minimum atomic E-state index is 0.0528. The minimum Gasteiger partial charge on any atom is -0.497 e. The van der Waals surface area contributed by atoms with Gasteiger partial charge in [0.1, 0.15) is 43.1 Å². The third-order valence-electron chi connectivity index (χ3n) is 5.34. The second-order valence-electron chi connectivity index (χ2n) is 6.72. The molecule has 1 aliphatic rings. The summed E-state index contributed by atoms with van der Waals surface area (Å²) in [5, 5.41) is 14.9. The van der Waals surface area contributed by atoms with E-state index in [0.717, 1.165) is 47.3 Å². The summed E-state index contributed by atoms with van der Waals surface area (Å²) in [5.41, 5.74) is 1.15. The molecular weight excluding hydrogens is 350 g/mol. The van der Waals surface area contributed by atoms with Crippen molar-refractivity contribution in [3.05, 3.63) is 41.0 Å². The number of fused-ring (bicyclic) bond motifs is 1. The van der Waals surface area contributed by atoms with E-state index in [2.05, 4.69) is 29.1 Å². The second-order valence-corrected chi connectivity index (χ2v) is 7.72. The van der Waals surface area contributed by atoms with Crippen LogP contribution in [0.2, 0.25) is 0 Å². The van der Waals surface area contributed by atoms with Gasteiger partial charge in [0.2, 0.25) is 10.8 Å². The Morgan fingerprint density at radius 2 is 2.12 bits per heavy atom. The molecule has 7 nitrogen and oxygen atoms in total. The summed E-state index contributed by atoms with van der Waals surface area (Å²) in [4.78, 5) is 9.01. The zero-order valence-electron chi connectivity index (χ0n) is 15.1. The van der Waals surface area contributed by atoms with Crippen LogP contribution in [0.5, 0.6) is 11.6 Å². The van der Waals surface area contributed by atoms with E-state index >= 15 is 0 Å². The number of hydrogen-bond acceptors (Lipinski definition) is 5. The number of aromatic nitrogens is 3. The number of ether oxygens (including phenoxy) is 1. The summed E-state index contributed by atoms with van der Waals surface area (Å²) in [7, 11) is 1.69. The third kappa shape index (κ3) is 3.04. The van der Waals surface area contributed by atoms with E-state index < -0.39 is 0 Å². The molecule has 138 valence electrons. The average Bonchev–Trinajstić information content (AvgIpc) is 3.26. The first-order valence-electron chi connectivity index (χ1n) is 9.04. The predicted octanol–water partition coefficient (Wildman–Crippen LogP) is -0.602. The number of benzene rings is 1. The molecule has 8 heteroatoms. The molecule has 1 fully saturated rings. The highest BCUT2D eigenvalue weighted by molar-refractivity contribution is 7.17. The van der Waals surface area contributed by atoms with E-state index in [0.29, 0.717) is 0 Å². The normalized spacial score (nSPS) is 21.8. The van der Waals surface area contributed by atoms with Gasteiger partial charge in [-0.2, -0.15) is 9.61 Å². The lowest BCUT2D eigenvalue weighted by molar-refractivity contribution is -1.02. The van der Waals surface area contributed by atoms with Crippen molar-refractivity contribution in [2.24, 2.45) is 0 Å². The Bertz CT molecular complexity index is 885. The van der Waals surface area contributed by atoms with Gasteiger partial charge in [-0.3, -0.25) is 0 Å². The molecule has 3 N–H and O–H groups in total. The summed E-state index contributed by atoms with van der Waals surface area (Å²) in [5.74, 6) is 1.04. The summed E-state index contributed by atoms with van der Waals surface area (Å²) in [6.45, 7) is 7.84. The van der Waals surface area contributed by atoms with E-state index in [1.807, 2.05) is 12.1 Å². The highest BCUT2D eigenvalue weighted by Crippen LogP contribution is 2.35. The number of likely N-dealkylation sites (N-methyl/N-ethyl adjacent to an activating group) is 1. The highest BCUT2D eigenvalue weighted by Gasteiger charge is 2.35. The molecule has 1 atom stereocenters. The van der Waals surface area contributed by atoms with E-state index in [1.165, 1.54) is 33.6 Å². The highest BCUT2D eigenvalue weighted by atomic mass is 32.1. The number of hydrogen-bond donors (Lipinski definition) is 3. The quantitative estimate of drug-likeness (QED) is 0.557. The fourth-order valence-corrected chi connectivity index (χ4v) is 4.96. The third-order valence-corrected chi connectivity index (χ3v) is 6.43. The number of piperazine rings is 1. The molecule has 0 radical (unpaired) electrons. The van der Waals surface area contributed by atoms with Crippen molar-refractivity contribution in [1.82, 2.24) is 14.6 Å². The lowest BCUT2D eigenvalue weighted by Gasteiger charge is -2.34. The first kappa shape index (κ1) is 17.3. The Hall–Kier alpha value is -2.16. The number of nitrogens with one attached hydrogen (secondary N) is 2. The monoisotopic (exact) mass is 375 g/mol. The number of rotatable bonds is 5. The summed E-state index contributed by atoms with van der Waals surface area (Å²) < 4.78 is 6.96. The fraction of sp³-hybridized carbons (Fsp3) is 0.444. The van der Waals surface area contributed by atoms with Gasteiger partial charge < -0.3 is 19.6 Å². The van der Waals surface area contributed by atoms with Crippen LogP contribution in [-0.4, -0.2) is 59.5 Å². The number of methoxy groups -OCH3 is 1.